The van der Waals surface area contributed by atoms with Crippen LogP contribution in [-0.4, -0.2) is 32.8 Å². The van der Waals surface area contributed by atoms with Crippen molar-refractivity contribution in [3.8, 4) is 0 Å². The minimum absolute atomic E-state index is 0.101. The SMILES string of the molecule is CC(C)NCCC[SiH2]O[SiH3]. The Morgan fingerprint density at radius 3 is 2.80 bits per heavy atom. The Morgan fingerprint density at radius 2 is 2.30 bits per heavy atom. The summed E-state index contributed by atoms with van der Waals surface area (Å²) in [5, 5.41) is 3.38. The highest BCUT2D eigenvalue weighted by molar-refractivity contribution is 6.34. The fourth-order valence-corrected chi connectivity index (χ4v) is 2.37. The van der Waals surface area contributed by atoms with E-state index in [1.807, 2.05) is 0 Å². The van der Waals surface area contributed by atoms with Gasteiger partial charge in [0.15, 0.2) is 0 Å². The molecule has 0 spiro atoms. The van der Waals surface area contributed by atoms with Gasteiger partial charge in [0.05, 0.1) is 0 Å². The van der Waals surface area contributed by atoms with Crippen molar-refractivity contribution in [3.63, 3.8) is 0 Å². The van der Waals surface area contributed by atoms with Gasteiger partial charge in [-0.2, -0.15) is 0 Å². The van der Waals surface area contributed by atoms with Gasteiger partial charge in [-0.25, -0.2) is 0 Å². The average Bonchev–Trinajstić information content (AvgIpc) is 1.87. The van der Waals surface area contributed by atoms with Crippen molar-refractivity contribution < 1.29 is 4.12 Å². The Bertz CT molecular complexity index is 70.8. The van der Waals surface area contributed by atoms with Gasteiger partial charge in [-0.3, -0.25) is 0 Å². The fraction of sp³-hybridized carbons (Fsp3) is 1.00. The van der Waals surface area contributed by atoms with E-state index < -0.39 is 0 Å². The number of hydrogen-bond acceptors (Lipinski definition) is 2. The highest BCUT2D eigenvalue weighted by Gasteiger charge is 1.90. The molecule has 0 atom stereocenters. The normalized spacial score (nSPS) is 12.3. The van der Waals surface area contributed by atoms with Crippen molar-refractivity contribution in [2.24, 2.45) is 0 Å². The van der Waals surface area contributed by atoms with Gasteiger partial charge in [0.2, 0.25) is 0 Å². The lowest BCUT2D eigenvalue weighted by molar-refractivity contribution is 0.575. The van der Waals surface area contributed by atoms with Gasteiger partial charge in [-0.15, -0.1) is 0 Å². The maximum Gasteiger partial charge on any atom is 0.145 e. The quantitative estimate of drug-likeness (QED) is 0.423. The highest BCUT2D eigenvalue weighted by atomic mass is 28.3. The third-order valence-electron chi connectivity index (χ3n) is 1.33. The van der Waals surface area contributed by atoms with Crippen LogP contribution < -0.4 is 5.32 Å². The monoisotopic (exact) mass is 177 g/mol. The molecule has 0 unspecified atom stereocenters. The first-order valence-corrected chi connectivity index (χ1v) is 6.39. The molecule has 0 aliphatic heterocycles. The van der Waals surface area contributed by atoms with E-state index in [4.69, 9.17) is 4.12 Å². The maximum absolute atomic E-state index is 5.20. The lowest BCUT2D eigenvalue weighted by atomic mass is 10.4. The largest absolute Gasteiger partial charge is 0.468 e. The van der Waals surface area contributed by atoms with Crippen LogP contribution >= 0.6 is 0 Å². The molecule has 0 aromatic heterocycles. The molecule has 10 heavy (non-hydrogen) atoms. The molecule has 0 fully saturated rings. The van der Waals surface area contributed by atoms with Crippen molar-refractivity contribution in [2.75, 3.05) is 6.54 Å². The molecule has 62 valence electrons. The molecule has 0 bridgehead atoms. The van der Waals surface area contributed by atoms with Gasteiger partial charge < -0.3 is 9.43 Å². The summed E-state index contributed by atoms with van der Waals surface area (Å²) >= 11 is 0. The Balaban J connectivity index is 2.77. The zero-order valence-electron chi connectivity index (χ0n) is 7.31. The molecule has 4 heteroatoms. The van der Waals surface area contributed by atoms with Crippen molar-refractivity contribution in [1.29, 1.82) is 0 Å². The van der Waals surface area contributed by atoms with E-state index in [1.165, 1.54) is 12.5 Å². The molecule has 0 rings (SSSR count). The Morgan fingerprint density at radius 1 is 1.60 bits per heavy atom. The van der Waals surface area contributed by atoms with Gasteiger partial charge in [-0.05, 0) is 19.0 Å². The number of hydrogen-bond donors (Lipinski definition) is 1. The first-order valence-electron chi connectivity index (χ1n) is 3.99. The number of rotatable bonds is 6. The van der Waals surface area contributed by atoms with Gasteiger partial charge >= 0.3 is 0 Å². The molecule has 0 heterocycles. The molecule has 0 saturated heterocycles. The van der Waals surface area contributed by atoms with Crippen molar-refractivity contribution in [3.05, 3.63) is 0 Å². The molecule has 0 radical (unpaired) electrons. The van der Waals surface area contributed by atoms with Crippen LogP contribution in [0.1, 0.15) is 20.3 Å². The predicted octanol–water partition coefficient (Wildman–Crippen LogP) is -0.826. The summed E-state index contributed by atoms with van der Waals surface area (Å²) in [5.41, 5.74) is 0. The van der Waals surface area contributed by atoms with Crippen molar-refractivity contribution >= 4 is 20.2 Å². The van der Waals surface area contributed by atoms with E-state index >= 15 is 0 Å². The molecule has 1 N–H and O–H groups in total. The molecule has 0 aromatic rings. The maximum atomic E-state index is 5.20. The molecule has 2 nitrogen and oxygen atoms in total. The Kier molecular flexibility index (Phi) is 7.72. The van der Waals surface area contributed by atoms with Crippen LogP contribution in [-0.2, 0) is 4.12 Å². The second-order valence-corrected chi connectivity index (χ2v) is 6.23. The average molecular weight is 177 g/mol. The third kappa shape index (κ3) is 8.35. The van der Waals surface area contributed by atoms with Gasteiger partial charge in [-0.1, -0.05) is 13.8 Å². The second-order valence-electron chi connectivity index (χ2n) is 2.81. The first kappa shape index (κ1) is 10.4. The van der Waals surface area contributed by atoms with E-state index in [1.54, 1.807) is 0 Å². The van der Waals surface area contributed by atoms with Crippen LogP contribution in [0.4, 0.5) is 0 Å². The van der Waals surface area contributed by atoms with E-state index in [0.29, 0.717) is 6.04 Å². The molecule has 0 aliphatic carbocycles. The lowest BCUT2D eigenvalue weighted by Gasteiger charge is -2.06. The Labute approximate surface area is 69.2 Å². The minimum atomic E-state index is -0.101. The first-order chi connectivity index (χ1) is 4.77. The third-order valence-corrected chi connectivity index (χ3v) is 3.75. The van der Waals surface area contributed by atoms with Crippen LogP contribution in [0.5, 0.6) is 0 Å². The second kappa shape index (κ2) is 7.46. The zero-order valence-corrected chi connectivity index (χ0v) is 10.7. The van der Waals surface area contributed by atoms with Crippen molar-refractivity contribution in [2.45, 2.75) is 32.4 Å². The summed E-state index contributed by atoms with van der Waals surface area (Å²) in [7, 11) is 0.844. The van der Waals surface area contributed by atoms with Gasteiger partial charge in [0, 0.05) is 6.04 Å². The van der Waals surface area contributed by atoms with Crippen molar-refractivity contribution in [1.82, 2.24) is 5.32 Å². The Hall–Kier alpha value is 0.354. The van der Waals surface area contributed by atoms with E-state index in [2.05, 4.69) is 19.2 Å². The van der Waals surface area contributed by atoms with Crippen LogP contribution in [0.25, 0.3) is 0 Å². The molecule has 0 saturated carbocycles. The summed E-state index contributed by atoms with van der Waals surface area (Å²) in [6.45, 7) is 5.52. The summed E-state index contributed by atoms with van der Waals surface area (Å²) < 4.78 is 5.20. The fourth-order valence-electron chi connectivity index (χ4n) is 0.762. The molecule has 0 aromatic carbocycles. The zero-order chi connectivity index (χ0) is 7.82. The molecule has 0 aliphatic rings. The highest BCUT2D eigenvalue weighted by Crippen LogP contribution is 1.87. The molecule has 0 amide bonds. The number of nitrogens with one attached hydrogen (secondary N) is 1. The van der Waals surface area contributed by atoms with Crippen LogP contribution in [0.15, 0.2) is 0 Å². The standard InChI is InChI=1S/C6H19NOSi2/c1-6(2)7-4-3-5-10-8-9/h6-7H,3-5,10H2,1-2,9H3. The van der Waals surface area contributed by atoms with Crippen LogP contribution in [0.2, 0.25) is 6.04 Å². The summed E-state index contributed by atoms with van der Waals surface area (Å²) in [6, 6.07) is 1.97. The van der Waals surface area contributed by atoms with Crippen LogP contribution in [0.3, 0.4) is 0 Å². The van der Waals surface area contributed by atoms with E-state index in [-0.39, 0.29) is 9.76 Å². The summed E-state index contributed by atoms with van der Waals surface area (Å²) in [4.78, 5) is 0. The van der Waals surface area contributed by atoms with E-state index in [0.717, 1.165) is 17.0 Å². The lowest BCUT2D eigenvalue weighted by Crippen LogP contribution is -2.23. The van der Waals surface area contributed by atoms with E-state index in [9.17, 15) is 0 Å². The van der Waals surface area contributed by atoms with Crippen LogP contribution in [0, 0.1) is 0 Å². The molecular formula is C6H19NOSi2. The topological polar surface area (TPSA) is 21.3 Å². The summed E-state index contributed by atoms with van der Waals surface area (Å²) in [6.07, 6.45) is 1.30. The predicted molar refractivity (Wildman–Crippen MR) is 52.1 cm³/mol. The van der Waals surface area contributed by atoms with Gasteiger partial charge in [0.1, 0.15) is 20.2 Å². The smallest absolute Gasteiger partial charge is 0.145 e. The molecular weight excluding hydrogens is 158 g/mol. The minimum Gasteiger partial charge on any atom is -0.468 e. The summed E-state index contributed by atoms with van der Waals surface area (Å²) in [5.74, 6) is 0. The van der Waals surface area contributed by atoms with Gasteiger partial charge in [0.25, 0.3) is 0 Å².